The highest BCUT2D eigenvalue weighted by molar-refractivity contribution is 5.91. The molecule has 26 heavy (non-hydrogen) atoms. The molecule has 2 aromatic carbocycles. The van der Waals surface area contributed by atoms with Crippen LogP contribution >= 0.6 is 0 Å². The Hall–Kier alpha value is -2.53. The van der Waals surface area contributed by atoms with Crippen LogP contribution in [0.15, 0.2) is 48.5 Å². The van der Waals surface area contributed by atoms with E-state index in [0.717, 1.165) is 19.6 Å². The number of hydrogen-bond acceptors (Lipinski definition) is 2. The third kappa shape index (κ3) is 4.55. The molecule has 0 saturated carbocycles. The number of halogens is 2. The summed E-state index contributed by atoms with van der Waals surface area (Å²) in [6, 6.07) is 12.1. The van der Waals surface area contributed by atoms with Crippen LogP contribution in [0.1, 0.15) is 16.7 Å². The van der Waals surface area contributed by atoms with Crippen molar-refractivity contribution in [2.45, 2.75) is 13.5 Å². The van der Waals surface area contributed by atoms with E-state index in [-0.39, 0.29) is 11.5 Å². The highest BCUT2D eigenvalue weighted by Crippen LogP contribution is 2.15. The van der Waals surface area contributed by atoms with Crippen LogP contribution in [-0.2, 0) is 11.3 Å². The molecule has 0 bridgehead atoms. The summed E-state index contributed by atoms with van der Waals surface area (Å²) in [6.45, 7) is 5.71. The van der Waals surface area contributed by atoms with Gasteiger partial charge in [0.15, 0.2) is 0 Å². The molecule has 0 radical (unpaired) electrons. The van der Waals surface area contributed by atoms with Gasteiger partial charge in [-0.15, -0.1) is 0 Å². The topological polar surface area (TPSA) is 23.6 Å². The summed E-state index contributed by atoms with van der Waals surface area (Å²) in [6.07, 6.45) is 2.46. The van der Waals surface area contributed by atoms with Crippen LogP contribution in [0.3, 0.4) is 0 Å². The number of benzene rings is 2. The number of carbonyl (C=O) groups is 1. The van der Waals surface area contributed by atoms with Crippen molar-refractivity contribution in [3.63, 3.8) is 0 Å². The zero-order valence-corrected chi connectivity index (χ0v) is 14.8. The highest BCUT2D eigenvalue weighted by atomic mass is 19.1. The van der Waals surface area contributed by atoms with Crippen LogP contribution in [0.5, 0.6) is 0 Å². The molecule has 1 fully saturated rings. The third-order valence-electron chi connectivity index (χ3n) is 4.56. The molecule has 0 spiro atoms. The average Bonchev–Trinajstić information content (AvgIpc) is 2.62. The molecule has 2 aromatic rings. The molecule has 5 heteroatoms. The molecule has 0 atom stereocenters. The minimum atomic E-state index is -0.669. The minimum Gasteiger partial charge on any atom is -0.337 e. The number of nitrogens with zero attached hydrogens (tertiary/aromatic N) is 2. The van der Waals surface area contributed by atoms with Gasteiger partial charge in [-0.25, -0.2) is 8.78 Å². The zero-order chi connectivity index (χ0) is 18.5. The van der Waals surface area contributed by atoms with E-state index in [0.29, 0.717) is 13.1 Å². The molecule has 1 heterocycles. The van der Waals surface area contributed by atoms with E-state index in [2.05, 4.69) is 36.1 Å². The summed E-state index contributed by atoms with van der Waals surface area (Å²) in [5, 5.41) is 0. The van der Waals surface area contributed by atoms with Crippen molar-refractivity contribution in [3.05, 3.63) is 76.9 Å². The molecule has 3 rings (SSSR count). The molecular formula is C21H22F2N2O. The number of hydrogen-bond donors (Lipinski definition) is 0. The van der Waals surface area contributed by atoms with Crippen molar-refractivity contribution in [3.8, 4) is 0 Å². The van der Waals surface area contributed by atoms with E-state index in [9.17, 15) is 13.6 Å². The Kier molecular flexibility index (Phi) is 5.78. The van der Waals surface area contributed by atoms with Crippen LogP contribution in [0.25, 0.3) is 6.08 Å². The van der Waals surface area contributed by atoms with Crippen molar-refractivity contribution in [1.82, 2.24) is 9.80 Å². The number of amides is 1. The van der Waals surface area contributed by atoms with E-state index in [1.165, 1.54) is 41.5 Å². The SMILES string of the molecule is Cc1cccc(CN2CCN(C(=O)/C=C/c3c(F)cccc3F)CC2)c1. The Morgan fingerprint density at radius 1 is 1.04 bits per heavy atom. The molecule has 0 aromatic heterocycles. The lowest BCUT2D eigenvalue weighted by molar-refractivity contribution is -0.127. The second-order valence-electron chi connectivity index (χ2n) is 6.56. The Morgan fingerprint density at radius 3 is 2.35 bits per heavy atom. The molecule has 3 nitrogen and oxygen atoms in total. The van der Waals surface area contributed by atoms with Crippen LogP contribution < -0.4 is 0 Å². The quantitative estimate of drug-likeness (QED) is 0.781. The van der Waals surface area contributed by atoms with Gasteiger partial charge in [-0.05, 0) is 30.7 Å². The lowest BCUT2D eigenvalue weighted by Gasteiger charge is -2.34. The fraction of sp³-hybridized carbons (Fsp3) is 0.286. The summed E-state index contributed by atoms with van der Waals surface area (Å²) in [4.78, 5) is 16.3. The molecule has 0 unspecified atom stereocenters. The van der Waals surface area contributed by atoms with Gasteiger partial charge in [0.25, 0.3) is 0 Å². The largest absolute Gasteiger partial charge is 0.337 e. The average molecular weight is 356 g/mol. The first-order valence-corrected chi connectivity index (χ1v) is 8.72. The number of piperazine rings is 1. The lowest BCUT2D eigenvalue weighted by Crippen LogP contribution is -2.47. The van der Waals surface area contributed by atoms with Crippen molar-refractivity contribution >= 4 is 12.0 Å². The Morgan fingerprint density at radius 2 is 1.69 bits per heavy atom. The standard InChI is InChI=1S/C21H22F2N2O/c1-16-4-2-5-17(14-16)15-24-10-12-25(13-11-24)21(26)9-8-18-19(22)6-3-7-20(18)23/h2-9,14H,10-13,15H2,1H3/b9-8+. The van der Waals surface area contributed by atoms with Crippen LogP contribution in [0.4, 0.5) is 8.78 Å². The third-order valence-corrected chi connectivity index (χ3v) is 4.56. The Balaban J connectivity index is 1.54. The summed E-state index contributed by atoms with van der Waals surface area (Å²) >= 11 is 0. The maximum atomic E-state index is 13.6. The lowest BCUT2D eigenvalue weighted by atomic mass is 10.1. The zero-order valence-electron chi connectivity index (χ0n) is 14.8. The van der Waals surface area contributed by atoms with Gasteiger partial charge in [0.2, 0.25) is 5.91 Å². The monoisotopic (exact) mass is 356 g/mol. The van der Waals surface area contributed by atoms with Gasteiger partial charge in [-0.1, -0.05) is 35.9 Å². The van der Waals surface area contributed by atoms with Gasteiger partial charge in [-0.3, -0.25) is 9.69 Å². The summed E-state index contributed by atoms with van der Waals surface area (Å²) < 4.78 is 27.2. The first-order valence-electron chi connectivity index (χ1n) is 8.72. The number of carbonyl (C=O) groups excluding carboxylic acids is 1. The highest BCUT2D eigenvalue weighted by Gasteiger charge is 2.19. The maximum absolute atomic E-state index is 13.6. The van der Waals surface area contributed by atoms with Gasteiger partial charge in [0.05, 0.1) is 0 Å². The molecule has 0 N–H and O–H groups in total. The molecule has 136 valence electrons. The normalized spacial score (nSPS) is 15.6. The number of aryl methyl sites for hydroxylation is 1. The molecule has 1 saturated heterocycles. The minimum absolute atomic E-state index is 0.182. The molecule has 1 amide bonds. The smallest absolute Gasteiger partial charge is 0.246 e. The van der Waals surface area contributed by atoms with Gasteiger partial charge < -0.3 is 4.90 Å². The number of rotatable bonds is 4. The van der Waals surface area contributed by atoms with Gasteiger partial charge in [0.1, 0.15) is 11.6 Å². The second kappa shape index (κ2) is 8.23. The summed E-state index contributed by atoms with van der Waals surface area (Å²) in [5.41, 5.74) is 2.32. The molecule has 1 aliphatic heterocycles. The summed E-state index contributed by atoms with van der Waals surface area (Å²) in [7, 11) is 0. The van der Waals surface area contributed by atoms with Crippen LogP contribution in [0.2, 0.25) is 0 Å². The van der Waals surface area contributed by atoms with Gasteiger partial charge >= 0.3 is 0 Å². The van der Waals surface area contributed by atoms with E-state index in [4.69, 9.17) is 0 Å². The van der Waals surface area contributed by atoms with Gasteiger partial charge in [-0.2, -0.15) is 0 Å². The first kappa shape index (κ1) is 18.3. The second-order valence-corrected chi connectivity index (χ2v) is 6.56. The van der Waals surface area contributed by atoms with E-state index in [1.807, 2.05) is 0 Å². The Bertz CT molecular complexity index is 791. The predicted molar refractivity (Wildman–Crippen MR) is 98.4 cm³/mol. The fourth-order valence-corrected chi connectivity index (χ4v) is 3.13. The summed E-state index contributed by atoms with van der Waals surface area (Å²) in [5.74, 6) is -1.56. The van der Waals surface area contributed by atoms with Crippen molar-refractivity contribution < 1.29 is 13.6 Å². The van der Waals surface area contributed by atoms with Gasteiger partial charge in [0, 0.05) is 44.4 Å². The van der Waals surface area contributed by atoms with Crippen LogP contribution in [-0.4, -0.2) is 41.9 Å². The molecule has 1 aliphatic rings. The van der Waals surface area contributed by atoms with Crippen molar-refractivity contribution in [2.75, 3.05) is 26.2 Å². The van der Waals surface area contributed by atoms with Crippen molar-refractivity contribution in [1.29, 1.82) is 0 Å². The molecule has 0 aliphatic carbocycles. The van der Waals surface area contributed by atoms with E-state index >= 15 is 0 Å². The maximum Gasteiger partial charge on any atom is 0.246 e. The first-order chi connectivity index (χ1) is 12.5. The predicted octanol–water partition coefficient (Wildman–Crippen LogP) is 3.63. The van der Waals surface area contributed by atoms with E-state index in [1.54, 1.807) is 4.90 Å². The van der Waals surface area contributed by atoms with Crippen molar-refractivity contribution in [2.24, 2.45) is 0 Å². The molecular weight excluding hydrogens is 334 g/mol. The van der Waals surface area contributed by atoms with E-state index < -0.39 is 11.6 Å². The fourth-order valence-electron chi connectivity index (χ4n) is 3.13. The Labute approximate surface area is 152 Å². The van der Waals surface area contributed by atoms with Crippen LogP contribution in [0, 0.1) is 18.6 Å².